The summed E-state index contributed by atoms with van der Waals surface area (Å²) in [5, 5.41) is 1.91. The SMILES string of the molecule is Nc1c(OCc2ccccc2)ccc2c1CCC=C2CNC(=O)C(F)(F)F. The molecule has 0 unspecified atom stereocenters. The lowest BCUT2D eigenvalue weighted by molar-refractivity contribution is -0.173. The monoisotopic (exact) mass is 376 g/mol. The number of benzene rings is 2. The van der Waals surface area contributed by atoms with Crippen molar-refractivity contribution in [1.29, 1.82) is 0 Å². The first-order chi connectivity index (χ1) is 12.9. The lowest BCUT2D eigenvalue weighted by atomic mass is 9.89. The highest BCUT2D eigenvalue weighted by Crippen LogP contribution is 2.36. The first-order valence-corrected chi connectivity index (χ1v) is 8.49. The van der Waals surface area contributed by atoms with Crippen molar-refractivity contribution >= 4 is 17.2 Å². The van der Waals surface area contributed by atoms with Crippen molar-refractivity contribution in [2.45, 2.75) is 25.6 Å². The van der Waals surface area contributed by atoms with Gasteiger partial charge in [-0.3, -0.25) is 4.79 Å². The van der Waals surface area contributed by atoms with E-state index in [-0.39, 0.29) is 6.54 Å². The van der Waals surface area contributed by atoms with E-state index >= 15 is 0 Å². The molecule has 0 aromatic heterocycles. The summed E-state index contributed by atoms with van der Waals surface area (Å²) in [5.74, 6) is -1.41. The van der Waals surface area contributed by atoms with E-state index in [2.05, 4.69) is 0 Å². The summed E-state index contributed by atoms with van der Waals surface area (Å²) in [5.41, 5.74) is 9.92. The number of nitrogens with two attached hydrogens (primary N) is 1. The Hall–Kier alpha value is -2.96. The van der Waals surface area contributed by atoms with Crippen molar-refractivity contribution < 1.29 is 22.7 Å². The molecule has 3 rings (SSSR count). The molecule has 4 nitrogen and oxygen atoms in total. The van der Waals surface area contributed by atoms with E-state index in [0.29, 0.717) is 36.5 Å². The van der Waals surface area contributed by atoms with Gasteiger partial charge < -0.3 is 15.8 Å². The van der Waals surface area contributed by atoms with Crippen molar-refractivity contribution in [3.63, 3.8) is 0 Å². The first-order valence-electron chi connectivity index (χ1n) is 8.49. The largest absolute Gasteiger partial charge is 0.487 e. The standard InChI is InChI=1S/C20H19F3N2O2/c21-20(22,23)19(26)25-11-14-7-4-8-16-15(14)9-10-17(18(16)24)27-12-13-5-2-1-3-6-13/h1-3,5-7,9-10H,4,8,11-12,24H2,(H,25,26). The Morgan fingerprint density at radius 2 is 1.89 bits per heavy atom. The molecule has 27 heavy (non-hydrogen) atoms. The summed E-state index contributed by atoms with van der Waals surface area (Å²) < 4.78 is 42.9. The molecular weight excluding hydrogens is 357 g/mol. The number of nitrogen functional groups attached to an aromatic ring is 1. The molecule has 0 spiro atoms. The number of rotatable bonds is 5. The lowest BCUT2D eigenvalue weighted by Crippen LogP contribution is -2.37. The third kappa shape index (κ3) is 4.42. The van der Waals surface area contributed by atoms with Gasteiger partial charge in [-0.05, 0) is 41.2 Å². The average molecular weight is 376 g/mol. The van der Waals surface area contributed by atoms with E-state index < -0.39 is 12.1 Å². The van der Waals surface area contributed by atoms with Crippen molar-refractivity contribution in [2.75, 3.05) is 12.3 Å². The van der Waals surface area contributed by atoms with Gasteiger partial charge in [-0.2, -0.15) is 13.2 Å². The van der Waals surface area contributed by atoms with Crippen molar-refractivity contribution in [2.24, 2.45) is 0 Å². The normalized spacial score (nSPS) is 13.5. The van der Waals surface area contributed by atoms with Crippen LogP contribution in [0.5, 0.6) is 5.75 Å². The van der Waals surface area contributed by atoms with E-state index in [1.807, 2.05) is 41.7 Å². The molecule has 142 valence electrons. The van der Waals surface area contributed by atoms with E-state index in [4.69, 9.17) is 10.5 Å². The Morgan fingerprint density at radius 3 is 2.59 bits per heavy atom. The zero-order valence-electron chi connectivity index (χ0n) is 14.5. The summed E-state index contributed by atoms with van der Waals surface area (Å²) in [6.07, 6.45) is -1.77. The summed E-state index contributed by atoms with van der Waals surface area (Å²) in [4.78, 5) is 11.1. The van der Waals surface area contributed by atoms with E-state index in [9.17, 15) is 18.0 Å². The minimum Gasteiger partial charge on any atom is -0.487 e. The van der Waals surface area contributed by atoms with E-state index in [1.165, 1.54) is 0 Å². The highest BCUT2D eigenvalue weighted by molar-refractivity contribution is 5.85. The number of nitrogens with one attached hydrogen (secondary N) is 1. The van der Waals surface area contributed by atoms with Crippen LogP contribution in [-0.2, 0) is 17.8 Å². The number of hydrogen-bond acceptors (Lipinski definition) is 3. The fourth-order valence-corrected chi connectivity index (χ4v) is 3.02. The molecule has 0 saturated carbocycles. The van der Waals surface area contributed by atoms with Crippen LogP contribution in [0.3, 0.4) is 0 Å². The molecule has 0 heterocycles. The molecule has 0 radical (unpaired) electrons. The number of amides is 1. The highest BCUT2D eigenvalue weighted by Gasteiger charge is 2.38. The zero-order valence-corrected chi connectivity index (χ0v) is 14.5. The maximum atomic E-state index is 12.4. The van der Waals surface area contributed by atoms with Gasteiger partial charge in [0.15, 0.2) is 0 Å². The smallest absolute Gasteiger partial charge is 0.471 e. The second kappa shape index (κ2) is 7.73. The molecule has 3 N–H and O–H groups in total. The number of allylic oxidation sites excluding steroid dienone is 1. The van der Waals surface area contributed by atoms with E-state index in [1.54, 1.807) is 12.1 Å². The molecule has 2 aromatic carbocycles. The lowest BCUT2D eigenvalue weighted by Gasteiger charge is -2.22. The Labute approximate surface area is 154 Å². The maximum Gasteiger partial charge on any atom is 0.471 e. The third-order valence-corrected chi connectivity index (χ3v) is 4.38. The molecule has 0 fully saturated rings. The Bertz CT molecular complexity index is 862. The Kier molecular flexibility index (Phi) is 5.39. The van der Waals surface area contributed by atoms with Crippen LogP contribution in [-0.4, -0.2) is 18.6 Å². The van der Waals surface area contributed by atoms with Gasteiger partial charge in [0.05, 0.1) is 5.69 Å². The molecule has 0 saturated heterocycles. The second-order valence-corrected chi connectivity index (χ2v) is 6.23. The number of alkyl halides is 3. The minimum atomic E-state index is -4.90. The molecule has 0 bridgehead atoms. The quantitative estimate of drug-likeness (QED) is 0.779. The second-order valence-electron chi connectivity index (χ2n) is 6.23. The number of halogens is 3. The number of fused-ring (bicyclic) bond motifs is 1. The third-order valence-electron chi connectivity index (χ3n) is 4.38. The van der Waals surface area contributed by atoms with Crippen LogP contribution in [0.2, 0.25) is 0 Å². The molecule has 0 atom stereocenters. The number of carbonyl (C=O) groups excluding carboxylic acids is 1. The van der Waals surface area contributed by atoms with Crippen LogP contribution < -0.4 is 15.8 Å². The van der Waals surface area contributed by atoms with Gasteiger partial charge in [0, 0.05) is 6.54 Å². The minimum absolute atomic E-state index is 0.199. The summed E-state index contributed by atoms with van der Waals surface area (Å²) in [6.45, 7) is 0.170. The fraction of sp³-hybridized carbons (Fsp3) is 0.250. The molecule has 2 aromatic rings. The predicted octanol–water partition coefficient (Wildman–Crippen LogP) is 3.86. The molecule has 0 aliphatic heterocycles. The van der Waals surface area contributed by atoms with Gasteiger partial charge in [-0.25, -0.2) is 0 Å². The van der Waals surface area contributed by atoms with Crippen molar-refractivity contribution in [3.05, 3.63) is 65.2 Å². The van der Waals surface area contributed by atoms with Crippen LogP contribution >= 0.6 is 0 Å². The molecule has 1 aliphatic rings. The van der Waals surface area contributed by atoms with Crippen molar-refractivity contribution in [1.82, 2.24) is 5.32 Å². The maximum absolute atomic E-state index is 12.4. The van der Waals surface area contributed by atoms with Gasteiger partial charge in [-0.15, -0.1) is 0 Å². The van der Waals surface area contributed by atoms with E-state index in [0.717, 1.165) is 16.7 Å². The van der Waals surface area contributed by atoms with Crippen LogP contribution in [0, 0.1) is 0 Å². The van der Waals surface area contributed by atoms with Crippen LogP contribution in [0.1, 0.15) is 23.1 Å². The molecule has 1 amide bonds. The first kappa shape index (κ1) is 18.8. The number of carbonyl (C=O) groups is 1. The molecule has 7 heteroatoms. The summed E-state index contributed by atoms with van der Waals surface area (Å²) in [7, 11) is 0. The number of ether oxygens (including phenoxy) is 1. The van der Waals surface area contributed by atoms with Crippen LogP contribution in [0.4, 0.5) is 18.9 Å². The van der Waals surface area contributed by atoms with Crippen LogP contribution in [0.25, 0.3) is 5.57 Å². The van der Waals surface area contributed by atoms with Gasteiger partial charge in [0.25, 0.3) is 0 Å². The Balaban J connectivity index is 1.73. The average Bonchev–Trinajstić information content (AvgIpc) is 2.65. The van der Waals surface area contributed by atoms with Gasteiger partial charge in [-0.1, -0.05) is 42.5 Å². The van der Waals surface area contributed by atoms with Gasteiger partial charge in [0.2, 0.25) is 0 Å². The van der Waals surface area contributed by atoms with Gasteiger partial charge in [0.1, 0.15) is 12.4 Å². The van der Waals surface area contributed by atoms with Crippen LogP contribution in [0.15, 0.2) is 48.5 Å². The summed E-state index contributed by atoms with van der Waals surface area (Å²) in [6, 6.07) is 13.1. The van der Waals surface area contributed by atoms with Gasteiger partial charge >= 0.3 is 12.1 Å². The number of anilines is 1. The fourth-order valence-electron chi connectivity index (χ4n) is 3.02. The topological polar surface area (TPSA) is 64.3 Å². The number of hydrogen-bond donors (Lipinski definition) is 2. The zero-order chi connectivity index (χ0) is 19.4. The molecular formula is C20H19F3N2O2. The predicted molar refractivity (Wildman–Crippen MR) is 97.0 cm³/mol. The Morgan fingerprint density at radius 1 is 1.15 bits per heavy atom. The summed E-state index contributed by atoms with van der Waals surface area (Å²) >= 11 is 0. The highest BCUT2D eigenvalue weighted by atomic mass is 19.4. The van der Waals surface area contributed by atoms with Crippen molar-refractivity contribution in [3.8, 4) is 5.75 Å². The molecule has 1 aliphatic carbocycles.